The van der Waals surface area contributed by atoms with Gasteiger partial charge in [-0.3, -0.25) is 47.9 Å². The molecule has 0 radical (unpaired) electrons. The molecule has 17 atom stereocenters. The fraction of sp³-hybridized carbons (Fsp3) is 0.710. The number of hydrogen-bond acceptors (Lipinski definition) is 16. The fourth-order valence-corrected chi connectivity index (χ4v) is 17.3. The van der Waals surface area contributed by atoms with E-state index in [-0.39, 0.29) is 93.3 Å². The number of halogens is 4. The van der Waals surface area contributed by atoms with Crippen molar-refractivity contribution in [2.75, 3.05) is 12.6 Å². The Balaban J connectivity index is 0.000000265. The minimum absolute atomic E-state index is 0.00341. The lowest BCUT2D eigenvalue weighted by Gasteiger charge is -2.64. The molecule has 6 saturated carbocycles. The molecule has 3 N–H and O–H groups in total. The van der Waals surface area contributed by atoms with E-state index in [0.29, 0.717) is 31.0 Å². The van der Waals surface area contributed by atoms with Crippen LogP contribution in [0.15, 0.2) is 47.6 Å². The molecule has 468 valence electrons. The number of carbonyl (C=O) groups excluding carboxylic acids is 8. The Bertz CT molecular complexity index is 2730. The quantitative estimate of drug-likeness (QED) is 0.0829. The lowest BCUT2D eigenvalue weighted by molar-refractivity contribution is -0.237. The predicted molar refractivity (Wildman–Crippen MR) is 304 cm³/mol. The van der Waals surface area contributed by atoms with Crippen LogP contribution in [0.3, 0.4) is 0 Å². The molecule has 1 unspecified atom stereocenters. The number of thioether (sulfide) groups is 1. The molecule has 8 aliphatic carbocycles. The summed E-state index contributed by atoms with van der Waals surface area (Å²) < 4.78 is 70.2. The van der Waals surface area contributed by atoms with Crippen LogP contribution in [0.4, 0.5) is 13.2 Å². The van der Waals surface area contributed by atoms with Gasteiger partial charge in [0.05, 0.1) is 11.0 Å². The summed E-state index contributed by atoms with van der Waals surface area (Å²) in [6, 6.07) is -1.04. The van der Waals surface area contributed by atoms with Crippen molar-refractivity contribution in [3.8, 4) is 0 Å². The summed E-state index contributed by atoms with van der Waals surface area (Å²) in [5.74, 6) is -7.84. The molecule has 0 saturated heterocycles. The lowest BCUT2D eigenvalue weighted by atomic mass is 9.44. The van der Waals surface area contributed by atoms with Crippen molar-refractivity contribution in [1.82, 2.24) is 0 Å². The lowest BCUT2D eigenvalue weighted by Crippen LogP contribution is -2.71. The second kappa shape index (κ2) is 26.4. The van der Waals surface area contributed by atoms with Gasteiger partial charge in [0.1, 0.15) is 18.3 Å². The molecular weight excluding hydrogens is 1140 g/mol. The second-order valence-corrected chi connectivity index (χ2v) is 25.8. The number of aliphatic hydroxyl groups excluding tert-OH is 1. The van der Waals surface area contributed by atoms with E-state index in [1.807, 2.05) is 26.8 Å². The molecule has 0 spiro atoms. The Kier molecular flexibility index (Phi) is 21.9. The van der Waals surface area contributed by atoms with Crippen molar-refractivity contribution in [2.45, 2.75) is 207 Å². The number of rotatable bonds is 14. The van der Waals surface area contributed by atoms with Gasteiger partial charge in [0.25, 0.3) is 0 Å². The summed E-state index contributed by atoms with van der Waals surface area (Å²) in [6.07, 6.45) is 6.89. The Labute approximate surface area is 499 Å². The molecule has 17 nitrogen and oxygen atoms in total. The van der Waals surface area contributed by atoms with Crippen LogP contribution in [0, 0.1) is 57.2 Å². The fourth-order valence-electron chi connectivity index (χ4n) is 16.0. The molecule has 0 bridgehead atoms. The van der Waals surface area contributed by atoms with Crippen LogP contribution in [0.5, 0.6) is 0 Å². The van der Waals surface area contributed by atoms with E-state index >= 15 is 8.78 Å². The van der Waals surface area contributed by atoms with Gasteiger partial charge in [-0.1, -0.05) is 93.9 Å². The average Bonchev–Trinajstić information content (AvgIpc) is 1.81. The van der Waals surface area contributed by atoms with Crippen molar-refractivity contribution in [1.29, 1.82) is 0 Å². The van der Waals surface area contributed by atoms with Crippen LogP contribution < -0.4 is 0 Å². The highest BCUT2D eigenvalue weighted by molar-refractivity contribution is 8.13. The maximum atomic E-state index is 18.0. The Morgan fingerprint density at radius 1 is 0.667 bits per heavy atom. The SMILES string of the molecule is CCC(=O)O.CCC(=O)O.CCC(=O)OCC(=O)[C@@]1(OC(=O)CC)[C@@H](C)C[C@H]2[C@@H]3CCC4=CC(=O)C=C[C@]4(C)C3(Cl)[C@@H](O)C[C@@]21C.CCC(=O)O[C@H]1C[C@@]2(C)[C@@H](C[C@@H](C)[C@]2(OC(=O)CC)C(=O)SCF)[C@@H]2C[C@H](F)C3=CC(=O)C=C[C@]3(C)[C@@]12F. The topological polar surface area (TPSA) is 268 Å². The van der Waals surface area contributed by atoms with E-state index in [9.17, 15) is 57.4 Å². The molecule has 0 aromatic rings. The zero-order valence-corrected chi connectivity index (χ0v) is 51.8. The molecule has 8 aliphatic rings. The third-order valence-corrected chi connectivity index (χ3v) is 21.8. The van der Waals surface area contributed by atoms with Gasteiger partial charge in [0.2, 0.25) is 10.9 Å². The van der Waals surface area contributed by atoms with E-state index in [1.54, 1.807) is 61.5 Å². The summed E-state index contributed by atoms with van der Waals surface area (Å²) in [7, 11) is 0. The van der Waals surface area contributed by atoms with Gasteiger partial charge in [0.15, 0.2) is 35.0 Å². The molecule has 6 fully saturated rings. The van der Waals surface area contributed by atoms with Crippen LogP contribution in [0.1, 0.15) is 167 Å². The Hall–Kier alpha value is -5.15. The number of alkyl halides is 4. The van der Waals surface area contributed by atoms with Crippen molar-refractivity contribution in [3.05, 3.63) is 47.6 Å². The second-order valence-electron chi connectivity index (χ2n) is 24.3. The van der Waals surface area contributed by atoms with E-state index in [4.69, 9.17) is 40.8 Å². The number of fused-ring (bicyclic) bond motifs is 10. The van der Waals surface area contributed by atoms with Crippen molar-refractivity contribution < 1.29 is 95.4 Å². The number of carbonyl (C=O) groups is 10. The first-order valence-corrected chi connectivity index (χ1v) is 30.6. The van der Waals surface area contributed by atoms with E-state index in [0.717, 1.165) is 11.6 Å². The normalized spacial score (nSPS) is 39.0. The minimum atomic E-state index is -2.31. The molecule has 0 aromatic carbocycles. The van der Waals surface area contributed by atoms with Gasteiger partial charge in [-0.25, -0.2) is 13.2 Å². The van der Waals surface area contributed by atoms with Gasteiger partial charge in [-0.2, -0.15) is 0 Å². The van der Waals surface area contributed by atoms with E-state index < -0.39 is 145 Å². The third-order valence-electron chi connectivity index (χ3n) is 20.2. The molecule has 22 heteroatoms. The summed E-state index contributed by atoms with van der Waals surface area (Å²) in [4.78, 5) is 119. The standard InChI is InChI=1S/C28H37ClO7.C28H35F3O6S.2C3H6O2/c1-6-23(33)35-15-22(32)28(36-24(34)7-2)16(3)12-20-19-9-8-17-13-18(30)10-11-25(17,4)27(19,29)21(31)14-26(20,28)5;1-6-22(33)36-21-13-26(5)17(10-15(3)28(26,24(35)38-14-29)37-23(34)7-2)18-12-20(30)19-11-16(32)8-9-25(19,4)27(18,21)31;2*1-2-3(4)5/h10-11,13,16,19-21,31H,6-9,12,14-15H2,1-5H3;8-9,11,15,17-18,20-21H,6-7,10,12-14H2,1-5H3;2*2H2,1H3,(H,4,5)/t16-,19-,20-,21-,25-,26-,27?,28-;15-,17+,18+,20+,21+,25+,26+,27+,28+;;/m01../s1. The van der Waals surface area contributed by atoms with Crippen LogP contribution in [0.25, 0.3) is 0 Å². The Morgan fingerprint density at radius 2 is 1.14 bits per heavy atom. The molecule has 0 aliphatic heterocycles. The number of ketones is 3. The van der Waals surface area contributed by atoms with Crippen LogP contribution in [-0.4, -0.2) is 126 Å². The van der Waals surface area contributed by atoms with Gasteiger partial charge in [-0.05, 0) is 111 Å². The first kappa shape index (κ1) is 69.6. The number of carboxylic acid groups (broad SMARTS) is 2. The molecule has 8 rings (SSSR count). The number of ether oxygens (including phenoxy) is 4. The average molecular weight is 1230 g/mol. The van der Waals surface area contributed by atoms with Crippen LogP contribution >= 0.6 is 23.4 Å². The van der Waals surface area contributed by atoms with Gasteiger partial charge in [0, 0.05) is 77.9 Å². The highest BCUT2D eigenvalue weighted by Gasteiger charge is 2.80. The number of aliphatic carboxylic acids is 2. The molecule has 0 amide bonds. The number of esters is 4. The summed E-state index contributed by atoms with van der Waals surface area (Å²) in [6.45, 7) is 19.9. The maximum absolute atomic E-state index is 18.0. The third kappa shape index (κ3) is 11.5. The van der Waals surface area contributed by atoms with Crippen molar-refractivity contribution in [3.63, 3.8) is 0 Å². The van der Waals surface area contributed by atoms with E-state index in [2.05, 4.69) is 0 Å². The summed E-state index contributed by atoms with van der Waals surface area (Å²) in [5, 5.41) is 26.5. The van der Waals surface area contributed by atoms with Gasteiger partial charge < -0.3 is 34.3 Å². The summed E-state index contributed by atoms with van der Waals surface area (Å²) >= 11 is 7.87. The molecular formula is C62H84ClF3O17S. The van der Waals surface area contributed by atoms with E-state index in [1.165, 1.54) is 25.2 Å². The molecule has 0 heterocycles. The molecule has 0 aromatic heterocycles. The first-order valence-electron chi connectivity index (χ1n) is 29.2. The number of allylic oxidation sites excluding steroid dienone is 8. The number of aliphatic hydroxyl groups is 1. The van der Waals surface area contributed by atoms with Gasteiger partial charge in [-0.15, -0.1) is 11.6 Å². The van der Waals surface area contributed by atoms with Crippen LogP contribution in [-0.2, 0) is 66.9 Å². The number of hydrogen-bond donors (Lipinski definition) is 3. The highest BCUT2D eigenvalue weighted by atomic mass is 35.5. The molecule has 84 heavy (non-hydrogen) atoms. The van der Waals surface area contributed by atoms with Gasteiger partial charge >= 0.3 is 35.8 Å². The monoisotopic (exact) mass is 1220 g/mol. The minimum Gasteiger partial charge on any atom is -0.481 e. The van der Waals surface area contributed by atoms with Crippen molar-refractivity contribution in [2.24, 2.45) is 57.2 Å². The smallest absolute Gasteiger partial charge is 0.306 e. The van der Waals surface area contributed by atoms with Crippen molar-refractivity contribution >= 4 is 81.6 Å². The van der Waals surface area contributed by atoms with Crippen LogP contribution in [0.2, 0.25) is 0 Å². The number of carboxylic acids is 2. The predicted octanol–water partition coefficient (Wildman–Crippen LogP) is 10.4. The highest BCUT2D eigenvalue weighted by Crippen LogP contribution is 2.74. The number of Topliss-reactive ketones (excluding diaryl/α,β-unsaturated/α-hetero) is 1. The Morgan fingerprint density at radius 3 is 1.65 bits per heavy atom. The zero-order chi connectivity index (χ0) is 63.5. The largest absolute Gasteiger partial charge is 0.481 e. The first-order chi connectivity index (χ1) is 39.1. The summed E-state index contributed by atoms with van der Waals surface area (Å²) in [5.41, 5.74) is -9.26. The zero-order valence-electron chi connectivity index (χ0n) is 50.2. The maximum Gasteiger partial charge on any atom is 0.306 e.